The Morgan fingerprint density at radius 1 is 1.10 bits per heavy atom. The molecule has 0 radical (unpaired) electrons. The van der Waals surface area contributed by atoms with E-state index in [2.05, 4.69) is 9.97 Å². The van der Waals surface area contributed by atoms with Crippen LogP contribution in [-0.4, -0.2) is 27.9 Å². The van der Waals surface area contributed by atoms with E-state index in [1.807, 2.05) is 18.4 Å². The highest BCUT2D eigenvalue weighted by Crippen LogP contribution is 2.28. The third-order valence-electron chi connectivity index (χ3n) is 4.30. The van der Waals surface area contributed by atoms with Gasteiger partial charge in [0.15, 0.2) is 14.7 Å². The van der Waals surface area contributed by atoms with Crippen molar-refractivity contribution in [1.82, 2.24) is 14.5 Å². The monoisotopic (exact) mass is 431 g/mol. The lowest BCUT2D eigenvalue weighted by Crippen LogP contribution is -2.24. The number of halogens is 2. The topological polar surface area (TPSA) is 57.0 Å². The fourth-order valence-electron chi connectivity index (χ4n) is 2.94. The van der Waals surface area contributed by atoms with Crippen LogP contribution in [0.5, 0.6) is 5.75 Å². The molecule has 4 rings (SSSR count). The summed E-state index contributed by atoms with van der Waals surface area (Å²) < 4.78 is 34.9. The predicted molar refractivity (Wildman–Crippen MR) is 111 cm³/mol. The Balaban J connectivity index is 1.93. The van der Waals surface area contributed by atoms with Crippen molar-refractivity contribution in [2.24, 2.45) is 0 Å². The zero-order valence-electron chi connectivity index (χ0n) is 15.5. The molecular weight excluding hydrogens is 416 g/mol. The maximum atomic E-state index is 13.8. The molecule has 2 aromatic heterocycles. The quantitative estimate of drug-likeness (QED) is 0.433. The second-order valence-corrected chi connectivity index (χ2v) is 8.20. The van der Waals surface area contributed by atoms with Crippen LogP contribution in [0.25, 0.3) is 21.7 Å². The fourth-order valence-corrected chi connectivity index (χ4v) is 4.36. The van der Waals surface area contributed by atoms with Gasteiger partial charge in [-0.15, -0.1) is 0 Å². The van der Waals surface area contributed by atoms with Crippen molar-refractivity contribution in [3.63, 3.8) is 0 Å². The van der Waals surface area contributed by atoms with E-state index in [-0.39, 0.29) is 29.0 Å². The first kappa shape index (κ1) is 19.5. The van der Waals surface area contributed by atoms with Gasteiger partial charge in [0.05, 0.1) is 13.7 Å². The lowest BCUT2D eigenvalue weighted by molar-refractivity contribution is 0.414. The third kappa shape index (κ3) is 3.88. The van der Waals surface area contributed by atoms with Crippen LogP contribution in [0.3, 0.4) is 0 Å². The van der Waals surface area contributed by atoms with Gasteiger partial charge in [0.2, 0.25) is 0 Å². The summed E-state index contributed by atoms with van der Waals surface area (Å²) in [6.07, 6.45) is 1.86. The number of ether oxygens (including phenoxy) is 1. The molecule has 0 unspecified atom stereocenters. The van der Waals surface area contributed by atoms with Gasteiger partial charge >= 0.3 is 0 Å². The number of fused-ring (bicyclic) bond motifs is 1. The van der Waals surface area contributed by atoms with Gasteiger partial charge in [-0.3, -0.25) is 9.36 Å². The minimum atomic E-state index is -0.737. The summed E-state index contributed by atoms with van der Waals surface area (Å²) in [5, 5.41) is 0. The number of rotatable bonds is 5. The largest absolute Gasteiger partial charge is 0.497 e. The molecule has 5 nitrogen and oxygen atoms in total. The Labute approximate surface area is 173 Å². The molecule has 4 aromatic rings. The molecule has 29 heavy (non-hydrogen) atoms. The molecule has 9 heteroatoms. The van der Waals surface area contributed by atoms with Crippen LogP contribution in [0.1, 0.15) is 5.56 Å². The average molecular weight is 431 g/mol. The van der Waals surface area contributed by atoms with Crippen molar-refractivity contribution in [1.29, 1.82) is 0 Å². The Kier molecular flexibility index (Phi) is 5.33. The van der Waals surface area contributed by atoms with Crippen molar-refractivity contribution < 1.29 is 13.5 Å². The van der Waals surface area contributed by atoms with Gasteiger partial charge in [-0.25, -0.2) is 18.7 Å². The third-order valence-corrected chi connectivity index (χ3v) is 6.23. The van der Waals surface area contributed by atoms with E-state index < -0.39 is 11.6 Å². The molecule has 0 atom stereocenters. The molecule has 0 bridgehead atoms. The van der Waals surface area contributed by atoms with Crippen molar-refractivity contribution in [3.05, 3.63) is 70.0 Å². The van der Waals surface area contributed by atoms with E-state index in [0.29, 0.717) is 14.9 Å². The standard InChI is InChI=1S/C20H15F2N3O2S2/c1-27-15-5-3-11(4-6-15)10-25-17(12-7-13(21)9-14(22)8-12)24-18-16(19(25)26)23-20(28-2)29-18/h3-9H,10H2,1-2H3. The Morgan fingerprint density at radius 2 is 1.79 bits per heavy atom. The van der Waals surface area contributed by atoms with E-state index in [4.69, 9.17) is 4.74 Å². The van der Waals surface area contributed by atoms with Gasteiger partial charge in [0, 0.05) is 11.6 Å². The minimum absolute atomic E-state index is 0.172. The van der Waals surface area contributed by atoms with E-state index >= 15 is 0 Å². The highest BCUT2D eigenvalue weighted by Gasteiger charge is 2.18. The SMILES string of the molecule is COc1ccc(Cn2c(-c3cc(F)cc(F)c3)nc3sc(SC)nc3c2=O)cc1. The molecule has 0 saturated heterocycles. The summed E-state index contributed by atoms with van der Waals surface area (Å²) in [6.45, 7) is 0.172. The average Bonchev–Trinajstić information content (AvgIpc) is 3.13. The lowest BCUT2D eigenvalue weighted by atomic mass is 10.1. The summed E-state index contributed by atoms with van der Waals surface area (Å²) in [5.41, 5.74) is 0.886. The summed E-state index contributed by atoms with van der Waals surface area (Å²) in [5.74, 6) is -0.599. The summed E-state index contributed by atoms with van der Waals surface area (Å²) >= 11 is 2.68. The Morgan fingerprint density at radius 3 is 2.41 bits per heavy atom. The minimum Gasteiger partial charge on any atom is -0.497 e. The van der Waals surface area contributed by atoms with Crippen LogP contribution < -0.4 is 10.3 Å². The summed E-state index contributed by atoms with van der Waals surface area (Å²) in [7, 11) is 1.57. The number of aromatic nitrogens is 3. The smallest absolute Gasteiger partial charge is 0.281 e. The van der Waals surface area contributed by atoms with Crippen LogP contribution in [-0.2, 0) is 6.54 Å². The molecule has 0 aliphatic carbocycles. The van der Waals surface area contributed by atoms with E-state index in [9.17, 15) is 13.6 Å². The molecule has 2 aromatic carbocycles. The zero-order valence-corrected chi connectivity index (χ0v) is 17.1. The maximum Gasteiger partial charge on any atom is 0.281 e. The first-order valence-corrected chi connectivity index (χ1v) is 10.6. The molecule has 2 heterocycles. The molecule has 148 valence electrons. The molecule has 0 spiro atoms. The Hall–Kier alpha value is -2.78. The van der Waals surface area contributed by atoms with Gasteiger partial charge in [-0.05, 0) is 36.1 Å². The summed E-state index contributed by atoms with van der Waals surface area (Å²) in [4.78, 5) is 22.5. The van der Waals surface area contributed by atoms with Gasteiger partial charge in [-0.2, -0.15) is 0 Å². The molecule has 0 N–H and O–H groups in total. The molecular formula is C20H15F2N3O2S2. The van der Waals surface area contributed by atoms with Crippen LogP contribution in [0, 0.1) is 11.6 Å². The number of thioether (sulfide) groups is 1. The number of nitrogens with zero attached hydrogens (tertiary/aromatic N) is 3. The highest BCUT2D eigenvalue weighted by atomic mass is 32.2. The van der Waals surface area contributed by atoms with Crippen molar-refractivity contribution >= 4 is 33.4 Å². The number of hydrogen-bond acceptors (Lipinski definition) is 6. The fraction of sp³-hybridized carbons (Fsp3) is 0.150. The van der Waals surface area contributed by atoms with E-state index in [1.54, 1.807) is 19.2 Å². The van der Waals surface area contributed by atoms with E-state index in [0.717, 1.165) is 23.8 Å². The normalized spacial score (nSPS) is 11.2. The molecule has 0 aliphatic heterocycles. The number of hydrogen-bond donors (Lipinski definition) is 0. The van der Waals surface area contributed by atoms with Crippen molar-refractivity contribution in [2.45, 2.75) is 10.9 Å². The summed E-state index contributed by atoms with van der Waals surface area (Å²) in [6, 6.07) is 10.3. The highest BCUT2D eigenvalue weighted by molar-refractivity contribution is 8.00. The second-order valence-electron chi connectivity index (χ2n) is 6.17. The molecule has 0 aliphatic rings. The molecule has 0 amide bonds. The van der Waals surface area contributed by atoms with Gasteiger partial charge in [0.1, 0.15) is 23.2 Å². The predicted octanol–water partition coefficient (Wildman–Crippen LogP) is 4.58. The van der Waals surface area contributed by atoms with Crippen LogP contribution in [0.4, 0.5) is 8.78 Å². The second kappa shape index (κ2) is 7.92. The number of thiazole rings is 1. The molecule has 0 saturated carbocycles. The van der Waals surface area contributed by atoms with Gasteiger partial charge in [-0.1, -0.05) is 35.2 Å². The van der Waals surface area contributed by atoms with Crippen LogP contribution >= 0.6 is 23.1 Å². The van der Waals surface area contributed by atoms with Crippen LogP contribution in [0.2, 0.25) is 0 Å². The Bertz CT molecular complexity index is 1230. The number of benzene rings is 2. The van der Waals surface area contributed by atoms with Crippen molar-refractivity contribution in [3.8, 4) is 17.1 Å². The first-order valence-electron chi connectivity index (χ1n) is 8.53. The lowest BCUT2D eigenvalue weighted by Gasteiger charge is -2.13. The van der Waals surface area contributed by atoms with Gasteiger partial charge < -0.3 is 4.74 Å². The van der Waals surface area contributed by atoms with Crippen LogP contribution in [0.15, 0.2) is 51.6 Å². The van der Waals surface area contributed by atoms with Crippen molar-refractivity contribution in [2.75, 3.05) is 13.4 Å². The first-order chi connectivity index (χ1) is 14.0. The molecule has 0 fully saturated rings. The maximum absolute atomic E-state index is 13.8. The van der Waals surface area contributed by atoms with Gasteiger partial charge in [0.25, 0.3) is 5.56 Å². The number of methoxy groups -OCH3 is 1. The van der Waals surface area contributed by atoms with E-state index in [1.165, 1.54) is 27.7 Å². The zero-order chi connectivity index (χ0) is 20.5.